The first-order valence-electron chi connectivity index (χ1n) is 8.55. The Bertz CT molecular complexity index is 704. The van der Waals surface area contributed by atoms with Crippen LogP contribution < -0.4 is 5.73 Å². The van der Waals surface area contributed by atoms with E-state index in [0.29, 0.717) is 17.3 Å². The van der Waals surface area contributed by atoms with Crippen molar-refractivity contribution >= 4 is 11.6 Å². The molecule has 0 unspecified atom stereocenters. The van der Waals surface area contributed by atoms with Crippen molar-refractivity contribution in [3.8, 4) is 11.1 Å². The van der Waals surface area contributed by atoms with Crippen molar-refractivity contribution < 1.29 is 4.79 Å². The Balaban J connectivity index is 1.88. The van der Waals surface area contributed by atoms with Crippen LogP contribution in [0, 0.1) is 0 Å². The maximum atomic E-state index is 13.1. The molecule has 0 saturated carbocycles. The Hall–Kier alpha value is -2.33. The van der Waals surface area contributed by atoms with Gasteiger partial charge in [0.15, 0.2) is 0 Å². The topological polar surface area (TPSA) is 49.6 Å². The molecule has 3 rings (SSSR count). The Kier molecular flexibility index (Phi) is 4.86. The average Bonchev–Trinajstić information content (AvgIpc) is 2.61. The Labute approximate surface area is 143 Å². The third-order valence-electron chi connectivity index (χ3n) is 4.72. The fourth-order valence-corrected chi connectivity index (χ4v) is 3.29. The quantitative estimate of drug-likeness (QED) is 0.883. The van der Waals surface area contributed by atoms with E-state index in [1.165, 1.54) is 0 Å². The summed E-state index contributed by atoms with van der Waals surface area (Å²) in [6.45, 7) is 7.77. The number of hydrogen-bond donors (Lipinski definition) is 1. The van der Waals surface area contributed by atoms with Gasteiger partial charge in [0, 0.05) is 49.0 Å². The maximum Gasteiger partial charge on any atom is 0.254 e. The van der Waals surface area contributed by atoms with E-state index in [2.05, 4.69) is 18.7 Å². The molecule has 1 aliphatic heterocycles. The lowest BCUT2D eigenvalue weighted by Gasteiger charge is -2.37. The molecule has 2 N–H and O–H groups in total. The normalized spacial score (nSPS) is 15.7. The van der Waals surface area contributed by atoms with Crippen LogP contribution in [0.3, 0.4) is 0 Å². The van der Waals surface area contributed by atoms with E-state index >= 15 is 0 Å². The first-order valence-corrected chi connectivity index (χ1v) is 8.55. The van der Waals surface area contributed by atoms with E-state index in [9.17, 15) is 4.79 Å². The Morgan fingerprint density at radius 2 is 1.62 bits per heavy atom. The first-order chi connectivity index (χ1) is 11.6. The van der Waals surface area contributed by atoms with Crippen LogP contribution in [0.5, 0.6) is 0 Å². The number of piperazine rings is 1. The number of hydrogen-bond acceptors (Lipinski definition) is 3. The summed E-state index contributed by atoms with van der Waals surface area (Å²) in [7, 11) is 0. The van der Waals surface area contributed by atoms with Gasteiger partial charge in [-0.3, -0.25) is 9.69 Å². The van der Waals surface area contributed by atoms with Gasteiger partial charge in [-0.15, -0.1) is 0 Å². The summed E-state index contributed by atoms with van der Waals surface area (Å²) < 4.78 is 0. The fraction of sp³-hybridized carbons (Fsp3) is 0.350. The summed E-state index contributed by atoms with van der Waals surface area (Å²) in [4.78, 5) is 17.4. The summed E-state index contributed by atoms with van der Waals surface area (Å²) >= 11 is 0. The molecule has 0 aromatic heterocycles. The predicted molar refractivity (Wildman–Crippen MR) is 98.9 cm³/mol. The third-order valence-corrected chi connectivity index (χ3v) is 4.72. The molecule has 1 amide bonds. The monoisotopic (exact) mass is 323 g/mol. The first kappa shape index (κ1) is 16.5. The number of amides is 1. The highest BCUT2D eigenvalue weighted by Gasteiger charge is 2.25. The number of nitrogens with two attached hydrogens (primary N) is 1. The van der Waals surface area contributed by atoms with E-state index in [-0.39, 0.29) is 5.91 Å². The minimum absolute atomic E-state index is 0.0737. The number of carbonyl (C=O) groups is 1. The van der Waals surface area contributed by atoms with Crippen molar-refractivity contribution in [3.05, 3.63) is 54.1 Å². The Morgan fingerprint density at radius 3 is 2.25 bits per heavy atom. The second-order valence-corrected chi connectivity index (χ2v) is 6.56. The lowest BCUT2D eigenvalue weighted by molar-refractivity contribution is 0.0596. The summed E-state index contributed by atoms with van der Waals surface area (Å²) in [5, 5.41) is 0. The molecule has 2 aromatic rings. The largest absolute Gasteiger partial charge is 0.398 e. The molecule has 1 aliphatic rings. The minimum Gasteiger partial charge on any atom is -0.398 e. The molecule has 24 heavy (non-hydrogen) atoms. The van der Waals surface area contributed by atoms with E-state index in [4.69, 9.17) is 5.73 Å². The van der Waals surface area contributed by atoms with Gasteiger partial charge in [-0.25, -0.2) is 0 Å². The molecule has 0 bridgehead atoms. The van der Waals surface area contributed by atoms with Gasteiger partial charge >= 0.3 is 0 Å². The molecule has 126 valence electrons. The van der Waals surface area contributed by atoms with Crippen LogP contribution >= 0.6 is 0 Å². The van der Waals surface area contributed by atoms with Crippen LogP contribution in [0.4, 0.5) is 5.69 Å². The molecule has 1 fully saturated rings. The second kappa shape index (κ2) is 7.05. The van der Waals surface area contributed by atoms with Crippen LogP contribution in [0.15, 0.2) is 48.5 Å². The molecule has 0 atom stereocenters. The molecular weight excluding hydrogens is 298 g/mol. The molecule has 0 radical (unpaired) electrons. The molecule has 1 saturated heterocycles. The van der Waals surface area contributed by atoms with Gasteiger partial charge in [-0.1, -0.05) is 36.4 Å². The fourth-order valence-electron chi connectivity index (χ4n) is 3.29. The van der Waals surface area contributed by atoms with Gasteiger partial charge < -0.3 is 10.6 Å². The summed E-state index contributed by atoms with van der Waals surface area (Å²) in [5.74, 6) is 0.0737. The number of carbonyl (C=O) groups excluding carboxylic acids is 1. The van der Waals surface area contributed by atoms with Crippen molar-refractivity contribution in [3.63, 3.8) is 0 Å². The average molecular weight is 323 g/mol. The highest BCUT2D eigenvalue weighted by atomic mass is 16.2. The number of anilines is 1. The van der Waals surface area contributed by atoms with E-state index in [1.807, 2.05) is 53.4 Å². The highest BCUT2D eigenvalue weighted by molar-refractivity contribution is 6.03. The zero-order valence-corrected chi connectivity index (χ0v) is 14.4. The number of nitrogen functional groups attached to an aromatic ring is 1. The van der Waals surface area contributed by atoms with Crippen molar-refractivity contribution in [2.24, 2.45) is 0 Å². The molecule has 2 aromatic carbocycles. The second-order valence-electron chi connectivity index (χ2n) is 6.56. The molecule has 1 heterocycles. The van der Waals surface area contributed by atoms with Gasteiger partial charge in [0.05, 0.1) is 0 Å². The van der Waals surface area contributed by atoms with Crippen LogP contribution in [0.2, 0.25) is 0 Å². The van der Waals surface area contributed by atoms with Crippen molar-refractivity contribution in [2.45, 2.75) is 19.9 Å². The van der Waals surface area contributed by atoms with Crippen LogP contribution in [0.25, 0.3) is 11.1 Å². The number of benzene rings is 2. The summed E-state index contributed by atoms with van der Waals surface area (Å²) in [6.07, 6.45) is 0. The van der Waals surface area contributed by atoms with Gasteiger partial charge in [-0.2, -0.15) is 0 Å². The lowest BCUT2D eigenvalue weighted by atomic mass is 9.96. The summed E-state index contributed by atoms with van der Waals surface area (Å²) in [6, 6.07) is 16.0. The Morgan fingerprint density at radius 1 is 0.958 bits per heavy atom. The zero-order valence-electron chi connectivity index (χ0n) is 14.4. The van der Waals surface area contributed by atoms with Crippen LogP contribution in [-0.2, 0) is 0 Å². The van der Waals surface area contributed by atoms with Crippen molar-refractivity contribution in [1.29, 1.82) is 0 Å². The number of nitrogens with zero attached hydrogens (tertiary/aromatic N) is 2. The standard InChI is InChI=1S/C20H25N3O/c1-15(2)22-11-13-23(14-12-22)20(24)17-9-6-10-18(21)19(17)16-7-4-3-5-8-16/h3-10,15H,11-14,21H2,1-2H3. The lowest BCUT2D eigenvalue weighted by Crippen LogP contribution is -2.50. The van der Waals surface area contributed by atoms with Gasteiger partial charge in [0.25, 0.3) is 5.91 Å². The predicted octanol–water partition coefficient (Wildman–Crippen LogP) is 3.10. The van der Waals surface area contributed by atoms with Gasteiger partial charge in [-0.05, 0) is 31.5 Å². The highest BCUT2D eigenvalue weighted by Crippen LogP contribution is 2.30. The van der Waals surface area contributed by atoms with Gasteiger partial charge in [0.1, 0.15) is 0 Å². The van der Waals surface area contributed by atoms with E-state index in [1.54, 1.807) is 0 Å². The minimum atomic E-state index is 0.0737. The van der Waals surface area contributed by atoms with Crippen LogP contribution in [0.1, 0.15) is 24.2 Å². The number of rotatable bonds is 3. The molecule has 4 heteroatoms. The van der Waals surface area contributed by atoms with Crippen molar-refractivity contribution in [2.75, 3.05) is 31.9 Å². The molecule has 0 spiro atoms. The van der Waals surface area contributed by atoms with E-state index < -0.39 is 0 Å². The zero-order chi connectivity index (χ0) is 17.1. The van der Waals surface area contributed by atoms with E-state index in [0.717, 1.165) is 37.3 Å². The van der Waals surface area contributed by atoms with Gasteiger partial charge in [0.2, 0.25) is 0 Å². The van der Waals surface area contributed by atoms with Crippen LogP contribution in [-0.4, -0.2) is 47.9 Å². The molecule has 4 nitrogen and oxygen atoms in total. The molecular formula is C20H25N3O. The SMILES string of the molecule is CC(C)N1CCN(C(=O)c2cccc(N)c2-c2ccccc2)CC1. The van der Waals surface area contributed by atoms with Crippen molar-refractivity contribution in [1.82, 2.24) is 9.80 Å². The third kappa shape index (κ3) is 3.29. The smallest absolute Gasteiger partial charge is 0.254 e. The summed E-state index contributed by atoms with van der Waals surface area (Å²) in [5.41, 5.74) is 9.37. The molecule has 0 aliphatic carbocycles. The maximum absolute atomic E-state index is 13.1.